The molecule has 2 rings (SSSR count). The van der Waals surface area contributed by atoms with E-state index in [2.05, 4.69) is 13.5 Å². The second-order valence-corrected chi connectivity index (χ2v) is 7.37. The zero-order valence-electron chi connectivity index (χ0n) is 15.7. The molecular formula is C20H30O5. The highest BCUT2D eigenvalue weighted by atomic mass is 16.6. The van der Waals surface area contributed by atoms with Crippen molar-refractivity contribution in [3.05, 3.63) is 23.3 Å². The van der Waals surface area contributed by atoms with Crippen LogP contribution in [-0.2, 0) is 19.1 Å². The van der Waals surface area contributed by atoms with Crippen LogP contribution >= 0.6 is 0 Å². The molecule has 0 amide bonds. The van der Waals surface area contributed by atoms with Crippen molar-refractivity contribution in [2.45, 2.75) is 65.6 Å². The molecule has 0 aromatic heterocycles. The number of ether oxygens (including phenoxy) is 2. The van der Waals surface area contributed by atoms with Crippen molar-refractivity contribution in [3.8, 4) is 0 Å². The molecule has 1 N–H and O–H groups in total. The van der Waals surface area contributed by atoms with E-state index in [1.165, 1.54) is 0 Å². The molecule has 0 aromatic rings. The molecule has 0 radical (unpaired) electrons. The lowest BCUT2D eigenvalue weighted by Crippen LogP contribution is -2.41. The number of hydrogen-bond acceptors (Lipinski definition) is 5. The zero-order chi connectivity index (χ0) is 18.7. The van der Waals surface area contributed by atoms with Gasteiger partial charge in [-0.3, -0.25) is 4.79 Å². The van der Waals surface area contributed by atoms with Crippen LogP contribution in [0.3, 0.4) is 0 Å². The summed E-state index contributed by atoms with van der Waals surface area (Å²) in [6.07, 6.45) is 2.03. The predicted octanol–water partition coefficient (Wildman–Crippen LogP) is 3.17. The molecule has 5 nitrogen and oxygen atoms in total. The van der Waals surface area contributed by atoms with E-state index < -0.39 is 12.1 Å². The van der Waals surface area contributed by atoms with Crippen LogP contribution < -0.4 is 0 Å². The third kappa shape index (κ3) is 3.97. The minimum atomic E-state index is -0.507. The van der Waals surface area contributed by atoms with E-state index in [1.807, 2.05) is 20.8 Å². The quantitative estimate of drug-likeness (QED) is 0.434. The summed E-state index contributed by atoms with van der Waals surface area (Å²) >= 11 is 0. The molecule has 25 heavy (non-hydrogen) atoms. The molecule has 0 spiro atoms. The first-order chi connectivity index (χ1) is 11.8. The molecular weight excluding hydrogens is 320 g/mol. The molecule has 1 fully saturated rings. The van der Waals surface area contributed by atoms with Crippen molar-refractivity contribution < 1.29 is 24.2 Å². The summed E-state index contributed by atoms with van der Waals surface area (Å²) in [5.74, 6) is -0.986. The van der Waals surface area contributed by atoms with E-state index in [0.717, 1.165) is 17.6 Å². The molecule has 1 heterocycles. The molecule has 0 bridgehead atoms. The van der Waals surface area contributed by atoms with Crippen LogP contribution in [0.4, 0.5) is 0 Å². The first-order valence-corrected chi connectivity index (χ1v) is 9.22. The topological polar surface area (TPSA) is 72.8 Å². The number of hydrogen-bond donors (Lipinski definition) is 1. The Labute approximate surface area is 150 Å². The monoisotopic (exact) mass is 350 g/mol. The van der Waals surface area contributed by atoms with Gasteiger partial charge < -0.3 is 14.6 Å². The Morgan fingerprint density at radius 1 is 1.44 bits per heavy atom. The molecule has 2 aliphatic rings. The van der Waals surface area contributed by atoms with Gasteiger partial charge in [-0.05, 0) is 37.7 Å². The maximum absolute atomic E-state index is 12.5. The predicted molar refractivity (Wildman–Crippen MR) is 94.6 cm³/mol. The number of aliphatic hydroxyl groups excluding tert-OH is 1. The highest BCUT2D eigenvalue weighted by Crippen LogP contribution is 2.45. The van der Waals surface area contributed by atoms with Crippen molar-refractivity contribution in [1.29, 1.82) is 0 Å². The molecule has 140 valence electrons. The number of esters is 2. The number of rotatable bonds is 7. The van der Waals surface area contributed by atoms with Crippen molar-refractivity contribution in [3.63, 3.8) is 0 Å². The SMILES string of the molecule is C=C1C(=O)O[C@@H]2CC(C)=C([C@@H](C)CCCO)[C@@H](OC(=O)C(C)CC)[C@H]12. The Bertz CT molecular complexity index is 577. The first kappa shape index (κ1) is 19.7. The van der Waals surface area contributed by atoms with Crippen LogP contribution in [0.15, 0.2) is 23.3 Å². The zero-order valence-corrected chi connectivity index (χ0v) is 15.7. The Morgan fingerprint density at radius 2 is 2.12 bits per heavy atom. The Kier molecular flexibility index (Phi) is 6.44. The molecule has 1 unspecified atom stereocenters. The van der Waals surface area contributed by atoms with Gasteiger partial charge in [-0.2, -0.15) is 0 Å². The van der Waals surface area contributed by atoms with Gasteiger partial charge >= 0.3 is 11.9 Å². The summed E-state index contributed by atoms with van der Waals surface area (Å²) in [7, 11) is 0. The minimum absolute atomic E-state index is 0.133. The Morgan fingerprint density at radius 3 is 2.72 bits per heavy atom. The summed E-state index contributed by atoms with van der Waals surface area (Å²) in [6, 6.07) is 0. The third-order valence-electron chi connectivity index (χ3n) is 5.54. The van der Waals surface area contributed by atoms with E-state index in [1.54, 1.807) is 0 Å². The summed E-state index contributed by atoms with van der Waals surface area (Å²) < 4.78 is 11.4. The molecule has 0 saturated carbocycles. The van der Waals surface area contributed by atoms with Crippen molar-refractivity contribution >= 4 is 11.9 Å². The average Bonchev–Trinajstić information content (AvgIpc) is 2.85. The molecule has 0 aromatic carbocycles. The number of carbonyl (C=O) groups excluding carboxylic acids is 2. The first-order valence-electron chi connectivity index (χ1n) is 9.22. The molecule has 1 saturated heterocycles. The fourth-order valence-electron chi connectivity index (χ4n) is 3.85. The van der Waals surface area contributed by atoms with Gasteiger partial charge in [0.05, 0.1) is 11.8 Å². The Balaban J connectivity index is 2.35. The summed E-state index contributed by atoms with van der Waals surface area (Å²) in [6.45, 7) is 11.9. The fraction of sp³-hybridized carbons (Fsp3) is 0.700. The second kappa shape index (κ2) is 8.17. The smallest absolute Gasteiger partial charge is 0.334 e. The van der Waals surface area contributed by atoms with Crippen molar-refractivity contribution in [2.75, 3.05) is 6.61 Å². The van der Waals surface area contributed by atoms with Crippen molar-refractivity contribution in [1.82, 2.24) is 0 Å². The van der Waals surface area contributed by atoms with Crippen LogP contribution in [-0.4, -0.2) is 35.9 Å². The van der Waals surface area contributed by atoms with E-state index >= 15 is 0 Å². The van der Waals surface area contributed by atoms with Crippen LogP contribution in [0, 0.1) is 17.8 Å². The van der Waals surface area contributed by atoms with Gasteiger partial charge in [0.1, 0.15) is 12.2 Å². The van der Waals surface area contributed by atoms with E-state index in [-0.39, 0.29) is 36.4 Å². The van der Waals surface area contributed by atoms with Crippen LogP contribution in [0.1, 0.15) is 53.4 Å². The average molecular weight is 350 g/mol. The normalized spacial score (nSPS) is 28.4. The summed E-state index contributed by atoms with van der Waals surface area (Å²) in [5, 5.41) is 9.14. The standard InChI is InChI=1S/C20H30O5/c1-6-11(2)19(22)25-18-16(12(3)8-7-9-21)13(4)10-15-17(18)14(5)20(23)24-15/h11-12,15,17-18,21H,5-10H2,1-4H3/t11?,12-,15+,17+,18+/m0/s1. The summed E-state index contributed by atoms with van der Waals surface area (Å²) in [5.41, 5.74) is 2.56. The van der Waals surface area contributed by atoms with E-state index in [9.17, 15) is 9.59 Å². The lowest BCUT2D eigenvalue weighted by molar-refractivity contribution is -0.155. The molecule has 5 heteroatoms. The van der Waals surface area contributed by atoms with Gasteiger partial charge in [0.15, 0.2) is 0 Å². The van der Waals surface area contributed by atoms with Crippen LogP contribution in [0.2, 0.25) is 0 Å². The van der Waals surface area contributed by atoms with Crippen LogP contribution in [0.5, 0.6) is 0 Å². The van der Waals surface area contributed by atoms with Gasteiger partial charge in [-0.1, -0.05) is 32.9 Å². The fourth-order valence-corrected chi connectivity index (χ4v) is 3.85. The van der Waals surface area contributed by atoms with Crippen LogP contribution in [0.25, 0.3) is 0 Å². The van der Waals surface area contributed by atoms with Gasteiger partial charge in [0.25, 0.3) is 0 Å². The third-order valence-corrected chi connectivity index (χ3v) is 5.54. The molecule has 1 aliphatic carbocycles. The summed E-state index contributed by atoms with van der Waals surface area (Å²) in [4.78, 5) is 24.5. The van der Waals surface area contributed by atoms with Crippen molar-refractivity contribution in [2.24, 2.45) is 17.8 Å². The number of aliphatic hydroxyl groups is 1. The second-order valence-electron chi connectivity index (χ2n) is 7.37. The minimum Gasteiger partial charge on any atom is -0.458 e. The Hall–Kier alpha value is -1.62. The molecule has 1 aliphatic heterocycles. The number of carbonyl (C=O) groups is 2. The highest BCUT2D eigenvalue weighted by molar-refractivity contribution is 5.91. The van der Waals surface area contributed by atoms with Gasteiger partial charge in [0, 0.05) is 18.6 Å². The lowest BCUT2D eigenvalue weighted by atomic mass is 9.73. The lowest BCUT2D eigenvalue weighted by Gasteiger charge is -2.38. The van der Waals surface area contributed by atoms with Gasteiger partial charge in [-0.15, -0.1) is 0 Å². The number of fused-ring (bicyclic) bond motifs is 1. The maximum atomic E-state index is 12.5. The maximum Gasteiger partial charge on any atom is 0.334 e. The highest BCUT2D eigenvalue weighted by Gasteiger charge is 2.50. The van der Waals surface area contributed by atoms with Gasteiger partial charge in [0.2, 0.25) is 0 Å². The van der Waals surface area contributed by atoms with Gasteiger partial charge in [-0.25, -0.2) is 4.79 Å². The van der Waals surface area contributed by atoms with E-state index in [4.69, 9.17) is 14.6 Å². The molecule has 5 atom stereocenters. The van der Waals surface area contributed by atoms with E-state index in [0.29, 0.717) is 24.8 Å². The largest absolute Gasteiger partial charge is 0.458 e.